The highest BCUT2D eigenvalue weighted by molar-refractivity contribution is 5.95. The molecular weight excluding hydrogens is 460 g/mol. The summed E-state index contributed by atoms with van der Waals surface area (Å²) >= 11 is 0. The number of amides is 4. The van der Waals surface area contributed by atoms with Crippen LogP contribution in [0.3, 0.4) is 0 Å². The van der Waals surface area contributed by atoms with Gasteiger partial charge in [-0.25, -0.2) is 4.79 Å². The molecule has 0 saturated heterocycles. The Hall–Kier alpha value is -3.42. The Labute approximate surface area is 205 Å². The fourth-order valence-electron chi connectivity index (χ4n) is 3.10. The van der Waals surface area contributed by atoms with Crippen molar-refractivity contribution in [2.24, 2.45) is 39.8 Å². The van der Waals surface area contributed by atoms with Crippen LogP contribution in [0.4, 0.5) is 0 Å². The van der Waals surface area contributed by atoms with E-state index < -0.39 is 60.2 Å². The Morgan fingerprint density at radius 3 is 1.86 bits per heavy atom. The van der Waals surface area contributed by atoms with Gasteiger partial charge in [-0.15, -0.1) is 0 Å². The number of nitrogens with one attached hydrogen (secondary N) is 3. The lowest BCUT2D eigenvalue weighted by Gasteiger charge is -2.26. The van der Waals surface area contributed by atoms with E-state index in [1.807, 2.05) is 13.8 Å². The molecule has 4 unspecified atom stereocenters. The zero-order chi connectivity index (χ0) is 27.3. The van der Waals surface area contributed by atoms with Gasteiger partial charge in [-0.2, -0.15) is 0 Å². The number of nitrogens with zero attached hydrogens (tertiary/aromatic N) is 1. The Morgan fingerprint density at radius 1 is 0.857 bits per heavy atom. The maximum atomic E-state index is 13.1. The number of carboxylic acid groups (broad SMARTS) is 1. The fraction of sp³-hybridized carbons (Fsp3) is 0.714. The summed E-state index contributed by atoms with van der Waals surface area (Å²) in [4.78, 5) is 64.7. The van der Waals surface area contributed by atoms with Crippen LogP contribution in [0.5, 0.6) is 0 Å². The van der Waals surface area contributed by atoms with E-state index >= 15 is 0 Å². The zero-order valence-corrected chi connectivity index (χ0v) is 20.7. The van der Waals surface area contributed by atoms with E-state index in [-0.39, 0.29) is 37.2 Å². The average molecular weight is 501 g/mol. The Morgan fingerprint density at radius 2 is 1.40 bits per heavy atom. The van der Waals surface area contributed by atoms with Gasteiger partial charge in [0, 0.05) is 6.54 Å². The quantitative estimate of drug-likeness (QED) is 0.0631. The minimum absolute atomic E-state index is 0.0210. The highest BCUT2D eigenvalue weighted by atomic mass is 16.4. The van der Waals surface area contributed by atoms with E-state index in [4.69, 9.17) is 22.9 Å². The van der Waals surface area contributed by atoms with Crippen LogP contribution in [0, 0.1) is 11.8 Å². The molecule has 35 heavy (non-hydrogen) atoms. The van der Waals surface area contributed by atoms with Gasteiger partial charge >= 0.3 is 5.97 Å². The molecule has 0 aromatic rings. The van der Waals surface area contributed by atoms with Gasteiger partial charge in [0.1, 0.15) is 18.1 Å². The number of primary amides is 1. The molecule has 0 heterocycles. The zero-order valence-electron chi connectivity index (χ0n) is 20.7. The standard InChI is InChI=1S/C21H40N8O6/c1-10(2)8-14(19(33)29-16(11(3)4)20(34)35)28-18(32)13(6-5-7-26-21(24)25)27-17(31)12(22)9-15(23)30/h10-14,16H,5-9,22H2,1-4H3,(H2,23,30)(H,27,31)(H,28,32)(H,29,33)(H,34,35)(H4,24,25,26). The molecule has 14 nitrogen and oxygen atoms in total. The molecule has 0 aromatic heterocycles. The number of nitrogens with two attached hydrogens (primary N) is 4. The van der Waals surface area contributed by atoms with Gasteiger partial charge in [0.25, 0.3) is 0 Å². The first-order valence-electron chi connectivity index (χ1n) is 11.4. The molecule has 4 amide bonds. The fourth-order valence-corrected chi connectivity index (χ4v) is 3.10. The van der Waals surface area contributed by atoms with Crippen molar-refractivity contribution in [3.63, 3.8) is 0 Å². The number of carbonyl (C=O) groups excluding carboxylic acids is 4. The van der Waals surface area contributed by atoms with Gasteiger partial charge in [0.2, 0.25) is 23.6 Å². The largest absolute Gasteiger partial charge is 0.480 e. The van der Waals surface area contributed by atoms with Crippen LogP contribution >= 0.6 is 0 Å². The van der Waals surface area contributed by atoms with Crippen molar-refractivity contribution in [3.05, 3.63) is 0 Å². The minimum Gasteiger partial charge on any atom is -0.480 e. The molecule has 14 heteroatoms. The first-order chi connectivity index (χ1) is 16.1. The maximum Gasteiger partial charge on any atom is 0.326 e. The van der Waals surface area contributed by atoms with Crippen LogP contribution in [0.2, 0.25) is 0 Å². The second-order valence-electron chi connectivity index (χ2n) is 9.05. The molecule has 0 aliphatic rings. The van der Waals surface area contributed by atoms with E-state index in [2.05, 4.69) is 20.9 Å². The van der Waals surface area contributed by atoms with Crippen LogP contribution in [-0.2, 0) is 24.0 Å². The van der Waals surface area contributed by atoms with Gasteiger partial charge in [0.05, 0.1) is 12.5 Å². The van der Waals surface area contributed by atoms with Crippen molar-refractivity contribution in [2.75, 3.05) is 6.54 Å². The predicted octanol–water partition coefficient (Wildman–Crippen LogP) is -2.52. The number of carboxylic acids is 1. The summed E-state index contributed by atoms with van der Waals surface area (Å²) in [5, 5.41) is 16.9. The number of hydrogen-bond acceptors (Lipinski definition) is 7. The van der Waals surface area contributed by atoms with E-state index in [0.717, 1.165) is 0 Å². The van der Waals surface area contributed by atoms with Crippen molar-refractivity contribution in [1.82, 2.24) is 16.0 Å². The van der Waals surface area contributed by atoms with E-state index in [1.165, 1.54) is 0 Å². The van der Waals surface area contributed by atoms with E-state index in [0.29, 0.717) is 6.42 Å². The smallest absolute Gasteiger partial charge is 0.326 e. The molecular formula is C21H40N8O6. The summed E-state index contributed by atoms with van der Waals surface area (Å²) in [7, 11) is 0. The van der Waals surface area contributed by atoms with E-state index in [1.54, 1.807) is 13.8 Å². The Kier molecular flexibility index (Phi) is 14.0. The molecule has 0 bridgehead atoms. The summed E-state index contributed by atoms with van der Waals surface area (Å²) in [5.41, 5.74) is 21.3. The normalized spacial score (nSPS) is 14.4. The maximum absolute atomic E-state index is 13.1. The molecule has 0 radical (unpaired) electrons. The lowest BCUT2D eigenvalue weighted by atomic mass is 9.99. The SMILES string of the molecule is CC(C)CC(NC(=O)C(CCCN=C(N)N)NC(=O)C(N)CC(N)=O)C(=O)NC(C(=O)O)C(C)C. The van der Waals surface area contributed by atoms with Crippen LogP contribution < -0.4 is 38.9 Å². The van der Waals surface area contributed by atoms with E-state index in [9.17, 15) is 29.1 Å². The third kappa shape index (κ3) is 13.2. The van der Waals surface area contributed by atoms with Crippen molar-refractivity contribution in [3.8, 4) is 0 Å². The summed E-state index contributed by atoms with van der Waals surface area (Å²) in [6.07, 6.45) is 0.199. The number of aliphatic carboxylic acids is 1. The summed E-state index contributed by atoms with van der Waals surface area (Å²) in [6, 6.07) is -4.59. The molecule has 0 saturated carbocycles. The number of rotatable bonds is 16. The predicted molar refractivity (Wildman–Crippen MR) is 129 cm³/mol. The van der Waals surface area contributed by atoms with Crippen molar-refractivity contribution in [1.29, 1.82) is 0 Å². The Bertz CT molecular complexity index is 782. The van der Waals surface area contributed by atoms with Gasteiger partial charge in [-0.05, 0) is 31.1 Å². The molecule has 4 atom stereocenters. The number of aliphatic imine (C=N–C) groups is 1. The second-order valence-corrected chi connectivity index (χ2v) is 9.05. The molecule has 200 valence electrons. The second kappa shape index (κ2) is 15.5. The van der Waals surface area contributed by atoms with Gasteiger partial charge in [0.15, 0.2) is 5.96 Å². The topological polar surface area (TPSA) is 258 Å². The lowest BCUT2D eigenvalue weighted by Crippen LogP contribution is -2.58. The highest BCUT2D eigenvalue weighted by Gasteiger charge is 2.31. The first kappa shape index (κ1) is 31.6. The number of carbonyl (C=O) groups is 5. The van der Waals surface area contributed by atoms with Crippen LogP contribution in [0.1, 0.15) is 53.4 Å². The number of guanidine groups is 1. The van der Waals surface area contributed by atoms with Crippen LogP contribution in [0.15, 0.2) is 4.99 Å². The Balaban J connectivity index is 5.62. The summed E-state index contributed by atoms with van der Waals surface area (Å²) in [5.74, 6) is -4.65. The van der Waals surface area contributed by atoms with Crippen molar-refractivity contribution < 1.29 is 29.1 Å². The van der Waals surface area contributed by atoms with Crippen LogP contribution in [0.25, 0.3) is 0 Å². The lowest BCUT2D eigenvalue weighted by molar-refractivity contribution is -0.143. The molecule has 12 N–H and O–H groups in total. The minimum atomic E-state index is -1.27. The van der Waals surface area contributed by atoms with Crippen molar-refractivity contribution >= 4 is 35.6 Å². The molecule has 0 aromatic carbocycles. The van der Waals surface area contributed by atoms with Crippen molar-refractivity contribution in [2.45, 2.75) is 77.5 Å². The van der Waals surface area contributed by atoms with Gasteiger partial charge < -0.3 is 44.0 Å². The summed E-state index contributed by atoms with van der Waals surface area (Å²) in [6.45, 7) is 7.14. The average Bonchev–Trinajstić information content (AvgIpc) is 2.71. The van der Waals surface area contributed by atoms with Gasteiger partial charge in [-0.3, -0.25) is 24.2 Å². The number of hydrogen-bond donors (Lipinski definition) is 8. The highest BCUT2D eigenvalue weighted by Crippen LogP contribution is 2.09. The van der Waals surface area contributed by atoms with Gasteiger partial charge in [-0.1, -0.05) is 27.7 Å². The van der Waals surface area contributed by atoms with Crippen LogP contribution in [-0.4, -0.2) is 71.4 Å². The molecule has 0 rings (SSSR count). The molecule has 0 aliphatic heterocycles. The molecule has 0 aliphatic carbocycles. The molecule has 0 spiro atoms. The third-order valence-corrected chi connectivity index (χ3v) is 4.91. The first-order valence-corrected chi connectivity index (χ1v) is 11.4. The molecule has 0 fully saturated rings. The summed E-state index contributed by atoms with van der Waals surface area (Å²) < 4.78 is 0. The third-order valence-electron chi connectivity index (χ3n) is 4.91. The monoisotopic (exact) mass is 500 g/mol.